The van der Waals surface area contributed by atoms with Crippen molar-refractivity contribution in [3.05, 3.63) is 83.7 Å². The molecule has 3 heterocycles. The lowest BCUT2D eigenvalue weighted by Crippen LogP contribution is -2.22. The Balaban J connectivity index is 1.31. The molecule has 0 bridgehead atoms. The predicted octanol–water partition coefficient (Wildman–Crippen LogP) is 3.42. The van der Waals surface area contributed by atoms with Crippen LogP contribution < -0.4 is 4.74 Å². The summed E-state index contributed by atoms with van der Waals surface area (Å²) >= 11 is 0. The van der Waals surface area contributed by atoms with E-state index in [1.165, 1.54) is 16.7 Å². The van der Waals surface area contributed by atoms with Crippen molar-refractivity contribution in [3.63, 3.8) is 0 Å². The minimum atomic E-state index is 0.0618. The van der Waals surface area contributed by atoms with Crippen molar-refractivity contribution in [3.8, 4) is 5.75 Å². The summed E-state index contributed by atoms with van der Waals surface area (Å²) in [5.74, 6) is 0.977. The molecule has 0 saturated carbocycles. The molecule has 1 unspecified atom stereocenters. The molecule has 128 valence electrons. The third kappa shape index (κ3) is 2.92. The minimum absolute atomic E-state index is 0.0618. The summed E-state index contributed by atoms with van der Waals surface area (Å²) in [5, 5.41) is 8.97. The molecular weight excluding hydrogens is 324 g/mol. The van der Waals surface area contributed by atoms with Crippen LogP contribution in [0.3, 0.4) is 0 Å². The van der Waals surface area contributed by atoms with Gasteiger partial charge in [0.25, 0.3) is 0 Å². The summed E-state index contributed by atoms with van der Waals surface area (Å²) in [5.41, 5.74) is 5.58. The third-order valence-electron chi connectivity index (χ3n) is 4.71. The zero-order valence-electron chi connectivity index (χ0n) is 14.2. The number of benzene rings is 2. The van der Waals surface area contributed by atoms with Gasteiger partial charge in [-0.25, -0.2) is 0 Å². The van der Waals surface area contributed by atoms with Gasteiger partial charge in [-0.2, -0.15) is 15.0 Å². The van der Waals surface area contributed by atoms with E-state index in [-0.39, 0.29) is 6.10 Å². The Labute approximate surface area is 151 Å². The fourth-order valence-corrected chi connectivity index (χ4v) is 3.49. The van der Waals surface area contributed by atoms with Gasteiger partial charge in [-0.15, -0.1) is 0 Å². The topological polar surface area (TPSA) is 52.8 Å². The van der Waals surface area contributed by atoms with Crippen LogP contribution in [0.4, 0.5) is 0 Å². The number of hydrogen-bond donors (Lipinski definition) is 0. The number of fused-ring (bicyclic) bond motifs is 2. The lowest BCUT2D eigenvalue weighted by Gasteiger charge is -2.09. The van der Waals surface area contributed by atoms with Crippen LogP contribution in [-0.4, -0.2) is 26.1 Å². The van der Waals surface area contributed by atoms with Gasteiger partial charge in [0.15, 0.2) is 0 Å². The fourth-order valence-electron chi connectivity index (χ4n) is 3.49. The van der Waals surface area contributed by atoms with Gasteiger partial charge in [0.1, 0.15) is 22.9 Å². The molecule has 4 aromatic rings. The largest absolute Gasteiger partial charge is 0.488 e. The molecule has 0 saturated heterocycles. The van der Waals surface area contributed by atoms with Crippen LogP contribution in [0.25, 0.3) is 11.0 Å². The summed E-state index contributed by atoms with van der Waals surface area (Å²) in [6.07, 6.45) is 5.36. The van der Waals surface area contributed by atoms with Crippen LogP contribution in [0.2, 0.25) is 0 Å². The van der Waals surface area contributed by atoms with E-state index in [0.29, 0.717) is 6.54 Å². The second-order valence-corrected chi connectivity index (χ2v) is 6.67. The van der Waals surface area contributed by atoms with Crippen LogP contribution in [-0.2, 0) is 19.4 Å². The van der Waals surface area contributed by atoms with E-state index in [9.17, 15) is 0 Å². The predicted molar refractivity (Wildman–Crippen MR) is 99.1 cm³/mol. The van der Waals surface area contributed by atoms with Crippen molar-refractivity contribution < 1.29 is 4.74 Å². The fraction of sp³-hybridized carbons (Fsp3) is 0.190. The molecule has 1 aliphatic heterocycles. The smallest absolute Gasteiger partial charge is 0.131 e. The first-order valence-electron chi connectivity index (χ1n) is 8.81. The molecule has 0 fully saturated rings. The standard InChI is InChI=1S/C21H18N4O/c1-2-4-15(5-3-1)10-16-6-7-21-17(11-16)12-18(26-21)14-25-23-19-8-9-22-13-20(19)24-25/h1-9,11,13,18H,10,12,14H2. The van der Waals surface area contributed by atoms with E-state index in [2.05, 4.69) is 57.6 Å². The molecular formula is C21H18N4O. The molecule has 1 atom stereocenters. The number of aromatic nitrogens is 4. The molecule has 2 aromatic heterocycles. The lowest BCUT2D eigenvalue weighted by atomic mass is 10.0. The molecule has 5 rings (SSSR count). The zero-order valence-corrected chi connectivity index (χ0v) is 14.2. The van der Waals surface area contributed by atoms with E-state index in [0.717, 1.165) is 29.6 Å². The lowest BCUT2D eigenvalue weighted by molar-refractivity contribution is 0.196. The Morgan fingerprint density at radius 3 is 2.73 bits per heavy atom. The van der Waals surface area contributed by atoms with Gasteiger partial charge in [-0.3, -0.25) is 4.98 Å². The summed E-state index contributed by atoms with van der Waals surface area (Å²) < 4.78 is 6.10. The van der Waals surface area contributed by atoms with Gasteiger partial charge in [0.2, 0.25) is 0 Å². The minimum Gasteiger partial charge on any atom is -0.488 e. The second-order valence-electron chi connectivity index (χ2n) is 6.67. The highest BCUT2D eigenvalue weighted by atomic mass is 16.5. The van der Waals surface area contributed by atoms with Gasteiger partial charge in [0, 0.05) is 12.6 Å². The van der Waals surface area contributed by atoms with E-state index >= 15 is 0 Å². The van der Waals surface area contributed by atoms with Crippen LogP contribution >= 0.6 is 0 Å². The zero-order chi connectivity index (χ0) is 17.3. The molecule has 26 heavy (non-hydrogen) atoms. The molecule has 1 aliphatic rings. The quantitative estimate of drug-likeness (QED) is 0.570. The maximum absolute atomic E-state index is 6.10. The first-order valence-corrected chi connectivity index (χ1v) is 8.81. The summed E-state index contributed by atoms with van der Waals surface area (Å²) in [6, 6.07) is 18.9. The van der Waals surface area contributed by atoms with Crippen LogP contribution in [0.1, 0.15) is 16.7 Å². The molecule has 0 amide bonds. The maximum atomic E-state index is 6.10. The summed E-state index contributed by atoms with van der Waals surface area (Å²) in [6.45, 7) is 0.636. The molecule has 5 nitrogen and oxygen atoms in total. The number of nitrogens with zero attached hydrogens (tertiary/aromatic N) is 4. The van der Waals surface area contributed by atoms with Crippen molar-refractivity contribution >= 4 is 11.0 Å². The van der Waals surface area contributed by atoms with E-state index in [4.69, 9.17) is 4.74 Å². The van der Waals surface area contributed by atoms with Gasteiger partial charge in [-0.05, 0) is 35.2 Å². The monoisotopic (exact) mass is 342 g/mol. The first kappa shape index (κ1) is 15.1. The van der Waals surface area contributed by atoms with Crippen molar-refractivity contribution in [2.24, 2.45) is 0 Å². The van der Waals surface area contributed by atoms with Crippen LogP contribution in [0.5, 0.6) is 5.75 Å². The Morgan fingerprint density at radius 1 is 0.962 bits per heavy atom. The van der Waals surface area contributed by atoms with Crippen molar-refractivity contribution in [2.45, 2.75) is 25.5 Å². The van der Waals surface area contributed by atoms with Crippen molar-refractivity contribution in [1.82, 2.24) is 20.0 Å². The van der Waals surface area contributed by atoms with Gasteiger partial charge >= 0.3 is 0 Å². The molecule has 0 aliphatic carbocycles. The number of hydrogen-bond acceptors (Lipinski definition) is 4. The summed E-state index contributed by atoms with van der Waals surface area (Å²) in [7, 11) is 0. The Morgan fingerprint density at radius 2 is 1.85 bits per heavy atom. The number of rotatable bonds is 4. The van der Waals surface area contributed by atoms with Gasteiger partial charge in [-0.1, -0.05) is 42.5 Å². The maximum Gasteiger partial charge on any atom is 0.131 e. The van der Waals surface area contributed by atoms with Crippen LogP contribution in [0.15, 0.2) is 67.0 Å². The van der Waals surface area contributed by atoms with Crippen molar-refractivity contribution in [2.75, 3.05) is 0 Å². The number of ether oxygens (including phenoxy) is 1. The van der Waals surface area contributed by atoms with E-state index < -0.39 is 0 Å². The second kappa shape index (κ2) is 6.26. The molecule has 0 radical (unpaired) electrons. The highest BCUT2D eigenvalue weighted by molar-refractivity contribution is 5.71. The third-order valence-corrected chi connectivity index (χ3v) is 4.71. The Hall–Kier alpha value is -3.21. The van der Waals surface area contributed by atoms with Crippen molar-refractivity contribution in [1.29, 1.82) is 0 Å². The molecule has 0 spiro atoms. The first-order chi connectivity index (χ1) is 12.8. The Kier molecular flexibility index (Phi) is 3.63. The normalized spacial score (nSPS) is 15.8. The highest BCUT2D eigenvalue weighted by Gasteiger charge is 2.24. The molecule has 5 heteroatoms. The Bertz CT molecular complexity index is 1030. The van der Waals surface area contributed by atoms with E-state index in [1.807, 2.05) is 12.1 Å². The highest BCUT2D eigenvalue weighted by Crippen LogP contribution is 2.30. The van der Waals surface area contributed by atoms with E-state index in [1.54, 1.807) is 17.2 Å². The average molecular weight is 342 g/mol. The van der Waals surface area contributed by atoms with Crippen LogP contribution in [0, 0.1) is 0 Å². The molecule has 0 N–H and O–H groups in total. The average Bonchev–Trinajstić information content (AvgIpc) is 3.25. The number of pyridine rings is 1. The molecule has 2 aromatic carbocycles. The SMILES string of the molecule is c1ccc(Cc2ccc3c(c2)CC(Cn2nc4ccncc4n2)O3)cc1. The van der Waals surface area contributed by atoms with Gasteiger partial charge in [0.05, 0.1) is 12.7 Å². The summed E-state index contributed by atoms with van der Waals surface area (Å²) in [4.78, 5) is 5.80. The van der Waals surface area contributed by atoms with Gasteiger partial charge < -0.3 is 4.74 Å².